The van der Waals surface area contributed by atoms with Crippen LogP contribution in [0.1, 0.15) is 41.8 Å². The summed E-state index contributed by atoms with van der Waals surface area (Å²) >= 11 is 0. The van der Waals surface area contributed by atoms with Crippen molar-refractivity contribution in [2.75, 3.05) is 6.61 Å². The third kappa shape index (κ3) is 4.31. The zero-order valence-electron chi connectivity index (χ0n) is 12.3. The maximum Gasteiger partial charge on any atom is 0.338 e. The van der Waals surface area contributed by atoms with Gasteiger partial charge in [-0.05, 0) is 43.4 Å². The van der Waals surface area contributed by atoms with E-state index in [0.717, 1.165) is 6.42 Å². The van der Waals surface area contributed by atoms with E-state index >= 15 is 0 Å². The topological polar surface area (TPSA) is 86.5 Å². The van der Waals surface area contributed by atoms with Gasteiger partial charge in [-0.1, -0.05) is 19.9 Å². The van der Waals surface area contributed by atoms with E-state index in [0.29, 0.717) is 23.7 Å². The molecule has 5 nitrogen and oxygen atoms in total. The van der Waals surface area contributed by atoms with Crippen LogP contribution in [0.5, 0.6) is 0 Å². The number of esters is 1. The second-order valence-electron chi connectivity index (χ2n) is 5.30. The van der Waals surface area contributed by atoms with Gasteiger partial charge in [-0.3, -0.25) is 0 Å². The van der Waals surface area contributed by atoms with E-state index in [9.17, 15) is 13.2 Å². The molecule has 0 aliphatic carbocycles. The highest BCUT2D eigenvalue weighted by molar-refractivity contribution is 7.89. The van der Waals surface area contributed by atoms with Crippen LogP contribution < -0.4 is 5.14 Å². The van der Waals surface area contributed by atoms with E-state index in [-0.39, 0.29) is 10.5 Å². The lowest BCUT2D eigenvalue weighted by atomic mass is 10.1. The van der Waals surface area contributed by atoms with E-state index < -0.39 is 16.0 Å². The van der Waals surface area contributed by atoms with Gasteiger partial charge in [-0.15, -0.1) is 0 Å². The van der Waals surface area contributed by atoms with Crippen molar-refractivity contribution in [2.24, 2.45) is 11.1 Å². The number of sulfonamides is 1. The molecule has 112 valence electrons. The Morgan fingerprint density at radius 2 is 1.85 bits per heavy atom. The van der Waals surface area contributed by atoms with Gasteiger partial charge in [0.25, 0.3) is 0 Å². The van der Waals surface area contributed by atoms with Crippen molar-refractivity contribution in [3.8, 4) is 0 Å². The lowest BCUT2D eigenvalue weighted by Crippen LogP contribution is -2.16. The van der Waals surface area contributed by atoms with Crippen molar-refractivity contribution in [1.82, 2.24) is 0 Å². The fourth-order valence-electron chi connectivity index (χ4n) is 1.82. The standard InChI is InChI=1S/C14H21NO4S/c1-9(2)5-6-19-14(16)12-8-13(20(15,17)18)11(4)7-10(12)3/h7-9H,5-6H2,1-4H3,(H2,15,17,18). The highest BCUT2D eigenvalue weighted by Gasteiger charge is 2.18. The van der Waals surface area contributed by atoms with Crippen LogP contribution in [0, 0.1) is 19.8 Å². The molecule has 0 heterocycles. The van der Waals surface area contributed by atoms with E-state index in [4.69, 9.17) is 9.88 Å². The van der Waals surface area contributed by atoms with Gasteiger partial charge in [0.2, 0.25) is 10.0 Å². The Morgan fingerprint density at radius 1 is 1.25 bits per heavy atom. The summed E-state index contributed by atoms with van der Waals surface area (Å²) in [5.41, 5.74) is 1.43. The fraction of sp³-hybridized carbons (Fsp3) is 0.500. The first kappa shape index (κ1) is 16.7. The summed E-state index contributed by atoms with van der Waals surface area (Å²) in [7, 11) is -3.85. The van der Waals surface area contributed by atoms with Gasteiger partial charge in [0, 0.05) is 0 Å². The molecule has 0 atom stereocenters. The molecular weight excluding hydrogens is 278 g/mol. The maximum atomic E-state index is 12.0. The Hall–Kier alpha value is -1.40. The van der Waals surface area contributed by atoms with E-state index in [1.807, 2.05) is 13.8 Å². The van der Waals surface area contributed by atoms with Crippen molar-refractivity contribution < 1.29 is 17.9 Å². The Bertz CT molecular complexity index is 606. The highest BCUT2D eigenvalue weighted by Crippen LogP contribution is 2.20. The molecule has 0 saturated heterocycles. The molecule has 0 aliphatic rings. The minimum atomic E-state index is -3.85. The van der Waals surface area contributed by atoms with Gasteiger partial charge in [0.1, 0.15) is 0 Å². The van der Waals surface area contributed by atoms with Crippen LogP contribution in [0.2, 0.25) is 0 Å². The lowest BCUT2D eigenvalue weighted by molar-refractivity contribution is 0.0487. The Labute approximate surface area is 120 Å². The van der Waals surface area contributed by atoms with Gasteiger partial charge in [-0.25, -0.2) is 18.4 Å². The summed E-state index contributed by atoms with van der Waals surface area (Å²) in [6, 6.07) is 2.91. The summed E-state index contributed by atoms with van der Waals surface area (Å²) in [6.07, 6.45) is 0.763. The molecule has 1 rings (SSSR count). The van der Waals surface area contributed by atoms with Gasteiger partial charge in [0.05, 0.1) is 17.1 Å². The first-order valence-electron chi connectivity index (χ1n) is 6.44. The molecule has 0 amide bonds. The molecule has 0 saturated carbocycles. The molecule has 1 aromatic rings. The molecule has 0 spiro atoms. The number of hydrogen-bond acceptors (Lipinski definition) is 4. The predicted molar refractivity (Wildman–Crippen MR) is 77.0 cm³/mol. The van der Waals surface area contributed by atoms with Crippen LogP contribution in [0.4, 0.5) is 0 Å². The molecule has 0 aromatic heterocycles. The number of carbonyl (C=O) groups excluding carboxylic acids is 1. The molecule has 1 aromatic carbocycles. The van der Waals surface area contributed by atoms with Crippen LogP contribution in [0.25, 0.3) is 0 Å². The largest absolute Gasteiger partial charge is 0.462 e. The molecule has 0 aliphatic heterocycles. The number of nitrogens with two attached hydrogens (primary N) is 1. The number of rotatable bonds is 5. The second kappa shape index (κ2) is 6.37. The maximum absolute atomic E-state index is 12.0. The molecule has 0 unspecified atom stereocenters. The predicted octanol–water partition coefficient (Wildman–Crippen LogP) is 2.15. The Balaban J connectivity index is 3.04. The fourth-order valence-corrected chi connectivity index (χ4v) is 2.61. The number of benzene rings is 1. The van der Waals surface area contributed by atoms with Gasteiger partial charge in [0.15, 0.2) is 0 Å². The molecule has 2 N–H and O–H groups in total. The SMILES string of the molecule is Cc1cc(C)c(S(N)(=O)=O)cc1C(=O)OCCC(C)C. The summed E-state index contributed by atoms with van der Waals surface area (Å²) in [4.78, 5) is 11.9. The average molecular weight is 299 g/mol. The van der Waals surface area contributed by atoms with Gasteiger partial charge in [-0.2, -0.15) is 0 Å². The van der Waals surface area contributed by atoms with Crippen molar-refractivity contribution >= 4 is 16.0 Å². The summed E-state index contributed by atoms with van der Waals surface area (Å²) in [5, 5.41) is 5.14. The number of aryl methyl sites for hydroxylation is 2. The van der Waals surface area contributed by atoms with Gasteiger partial charge < -0.3 is 4.74 Å². The van der Waals surface area contributed by atoms with Gasteiger partial charge >= 0.3 is 5.97 Å². The minimum absolute atomic E-state index is 0.0427. The van der Waals surface area contributed by atoms with E-state index in [2.05, 4.69) is 0 Å². The minimum Gasteiger partial charge on any atom is -0.462 e. The Morgan fingerprint density at radius 3 is 2.35 bits per heavy atom. The molecule has 0 radical (unpaired) electrons. The van der Waals surface area contributed by atoms with E-state index in [1.54, 1.807) is 19.9 Å². The number of hydrogen-bond donors (Lipinski definition) is 1. The van der Waals surface area contributed by atoms with Crippen molar-refractivity contribution in [2.45, 2.75) is 39.0 Å². The zero-order valence-corrected chi connectivity index (χ0v) is 13.1. The van der Waals surface area contributed by atoms with Crippen LogP contribution >= 0.6 is 0 Å². The average Bonchev–Trinajstić information content (AvgIpc) is 2.26. The molecular formula is C14H21NO4S. The second-order valence-corrected chi connectivity index (χ2v) is 6.83. The summed E-state index contributed by atoms with van der Waals surface area (Å²) < 4.78 is 28.1. The first-order chi connectivity index (χ1) is 9.12. The van der Waals surface area contributed by atoms with Crippen LogP contribution in [-0.4, -0.2) is 21.0 Å². The number of ether oxygens (including phenoxy) is 1. The molecule has 0 bridgehead atoms. The number of carbonyl (C=O) groups is 1. The van der Waals surface area contributed by atoms with Crippen molar-refractivity contribution in [3.05, 3.63) is 28.8 Å². The summed E-state index contributed by atoms with van der Waals surface area (Å²) in [6.45, 7) is 7.75. The van der Waals surface area contributed by atoms with E-state index in [1.165, 1.54) is 6.07 Å². The van der Waals surface area contributed by atoms with Crippen LogP contribution in [0.3, 0.4) is 0 Å². The summed E-state index contributed by atoms with van der Waals surface area (Å²) in [5.74, 6) is -0.0880. The smallest absolute Gasteiger partial charge is 0.338 e. The van der Waals surface area contributed by atoms with Crippen molar-refractivity contribution in [1.29, 1.82) is 0 Å². The zero-order chi connectivity index (χ0) is 15.5. The molecule has 0 fully saturated rings. The van der Waals surface area contributed by atoms with Crippen LogP contribution in [0.15, 0.2) is 17.0 Å². The normalized spacial score (nSPS) is 11.7. The van der Waals surface area contributed by atoms with Crippen LogP contribution in [-0.2, 0) is 14.8 Å². The third-order valence-electron chi connectivity index (χ3n) is 2.98. The highest BCUT2D eigenvalue weighted by atomic mass is 32.2. The monoisotopic (exact) mass is 299 g/mol. The quantitative estimate of drug-likeness (QED) is 0.844. The molecule has 6 heteroatoms. The van der Waals surface area contributed by atoms with Crippen molar-refractivity contribution in [3.63, 3.8) is 0 Å². The first-order valence-corrected chi connectivity index (χ1v) is 7.98. The Kier molecular flexibility index (Phi) is 5.30. The third-order valence-corrected chi connectivity index (χ3v) is 4.03. The molecule has 20 heavy (non-hydrogen) atoms. The number of primary sulfonamides is 1. The lowest BCUT2D eigenvalue weighted by Gasteiger charge is -2.11.